The van der Waals surface area contributed by atoms with Crippen molar-refractivity contribution in [2.75, 3.05) is 18.6 Å². The van der Waals surface area contributed by atoms with E-state index in [0.717, 1.165) is 11.3 Å². The third-order valence-corrected chi connectivity index (χ3v) is 4.52. The number of aliphatic carboxylic acids is 1. The molecule has 3 rings (SSSR count). The average molecular weight is 325 g/mol. The fraction of sp³-hybridized carbons (Fsp3) is 0.263. The highest BCUT2D eigenvalue weighted by Crippen LogP contribution is 2.38. The number of carbonyl (C=O) groups excluding carboxylic acids is 1. The number of methoxy groups -OCH3 is 1. The standard InChI is InChI=1S/C19H19NO4/c1-12(13-7-9-14(24-2)10-8-13)18(21)20-11-16(19(22)23)15-5-3-4-6-17(15)20/h3-10,12,16H,11H2,1-2H3,(H,22,23). The van der Waals surface area contributed by atoms with Gasteiger partial charge in [-0.15, -0.1) is 0 Å². The van der Waals surface area contributed by atoms with Crippen LogP contribution < -0.4 is 9.64 Å². The van der Waals surface area contributed by atoms with Gasteiger partial charge in [0.05, 0.1) is 13.0 Å². The van der Waals surface area contributed by atoms with E-state index in [2.05, 4.69) is 0 Å². The number of para-hydroxylation sites is 1. The van der Waals surface area contributed by atoms with Gasteiger partial charge in [0.2, 0.25) is 5.91 Å². The van der Waals surface area contributed by atoms with Gasteiger partial charge in [-0.05, 0) is 36.2 Å². The number of rotatable bonds is 4. The van der Waals surface area contributed by atoms with Gasteiger partial charge < -0.3 is 14.7 Å². The van der Waals surface area contributed by atoms with E-state index in [0.29, 0.717) is 11.3 Å². The molecule has 0 aromatic heterocycles. The van der Waals surface area contributed by atoms with E-state index in [1.807, 2.05) is 37.3 Å². The Balaban J connectivity index is 1.88. The van der Waals surface area contributed by atoms with E-state index in [1.54, 1.807) is 30.2 Å². The molecule has 1 N–H and O–H groups in total. The van der Waals surface area contributed by atoms with Crippen LogP contribution in [0.15, 0.2) is 48.5 Å². The number of ether oxygens (including phenoxy) is 1. The molecule has 2 aromatic carbocycles. The van der Waals surface area contributed by atoms with Crippen LogP contribution in [-0.4, -0.2) is 30.6 Å². The van der Waals surface area contributed by atoms with Crippen molar-refractivity contribution in [2.45, 2.75) is 18.8 Å². The van der Waals surface area contributed by atoms with Gasteiger partial charge in [-0.2, -0.15) is 0 Å². The molecule has 1 aliphatic rings. The summed E-state index contributed by atoms with van der Waals surface area (Å²) in [4.78, 5) is 26.0. The van der Waals surface area contributed by atoms with Crippen LogP contribution in [0, 0.1) is 0 Å². The number of benzene rings is 2. The number of hydrogen-bond acceptors (Lipinski definition) is 3. The lowest BCUT2D eigenvalue weighted by Crippen LogP contribution is -2.34. The van der Waals surface area contributed by atoms with Crippen molar-refractivity contribution in [3.63, 3.8) is 0 Å². The zero-order valence-corrected chi connectivity index (χ0v) is 13.6. The highest BCUT2D eigenvalue weighted by atomic mass is 16.5. The molecule has 2 atom stereocenters. The zero-order valence-electron chi connectivity index (χ0n) is 13.6. The Morgan fingerprint density at radius 2 is 1.83 bits per heavy atom. The molecule has 0 spiro atoms. The number of fused-ring (bicyclic) bond motifs is 1. The number of carboxylic acid groups (broad SMARTS) is 1. The molecular weight excluding hydrogens is 306 g/mol. The highest BCUT2D eigenvalue weighted by molar-refractivity contribution is 6.02. The zero-order chi connectivity index (χ0) is 17.3. The summed E-state index contributed by atoms with van der Waals surface area (Å²) in [7, 11) is 1.59. The minimum absolute atomic E-state index is 0.101. The Morgan fingerprint density at radius 1 is 1.17 bits per heavy atom. The predicted molar refractivity (Wildman–Crippen MR) is 90.6 cm³/mol. The van der Waals surface area contributed by atoms with E-state index in [1.165, 1.54) is 0 Å². The smallest absolute Gasteiger partial charge is 0.312 e. The SMILES string of the molecule is COc1ccc(C(C)C(=O)N2CC(C(=O)O)c3ccccc32)cc1. The van der Waals surface area contributed by atoms with Crippen LogP contribution in [0.4, 0.5) is 5.69 Å². The van der Waals surface area contributed by atoms with Crippen molar-refractivity contribution < 1.29 is 19.4 Å². The highest BCUT2D eigenvalue weighted by Gasteiger charge is 2.37. The van der Waals surface area contributed by atoms with Crippen molar-refractivity contribution in [1.82, 2.24) is 0 Å². The lowest BCUT2D eigenvalue weighted by molar-refractivity contribution is -0.138. The van der Waals surface area contributed by atoms with Gasteiger partial charge in [0.15, 0.2) is 0 Å². The Kier molecular flexibility index (Phi) is 4.25. The molecule has 2 aromatic rings. The van der Waals surface area contributed by atoms with E-state index in [-0.39, 0.29) is 18.4 Å². The van der Waals surface area contributed by atoms with Crippen molar-refractivity contribution in [2.24, 2.45) is 0 Å². The molecule has 1 aliphatic heterocycles. The average Bonchev–Trinajstić information content (AvgIpc) is 3.00. The molecule has 2 unspecified atom stereocenters. The second-order valence-corrected chi connectivity index (χ2v) is 5.89. The summed E-state index contributed by atoms with van der Waals surface area (Å²) in [5.74, 6) is -1.31. The first kappa shape index (κ1) is 16.1. The number of carbonyl (C=O) groups is 2. The summed E-state index contributed by atoms with van der Waals surface area (Å²) < 4.78 is 5.14. The maximum atomic E-state index is 12.9. The Morgan fingerprint density at radius 3 is 2.46 bits per heavy atom. The molecule has 0 bridgehead atoms. The summed E-state index contributed by atoms with van der Waals surface area (Å²) in [6.45, 7) is 2.01. The van der Waals surface area contributed by atoms with Gasteiger partial charge in [0.25, 0.3) is 0 Å². The van der Waals surface area contributed by atoms with Gasteiger partial charge in [0, 0.05) is 12.2 Å². The lowest BCUT2D eigenvalue weighted by atomic mass is 9.99. The van der Waals surface area contributed by atoms with Crippen molar-refractivity contribution >= 4 is 17.6 Å². The largest absolute Gasteiger partial charge is 0.497 e. The second kappa shape index (κ2) is 6.35. The molecule has 5 heteroatoms. The second-order valence-electron chi connectivity index (χ2n) is 5.89. The van der Waals surface area contributed by atoms with Crippen molar-refractivity contribution in [1.29, 1.82) is 0 Å². The maximum absolute atomic E-state index is 12.9. The van der Waals surface area contributed by atoms with E-state index >= 15 is 0 Å². The molecule has 0 saturated carbocycles. The van der Waals surface area contributed by atoms with Gasteiger partial charge in [-0.25, -0.2) is 0 Å². The van der Waals surface area contributed by atoms with E-state index in [9.17, 15) is 14.7 Å². The quantitative estimate of drug-likeness (QED) is 0.938. The molecule has 0 saturated heterocycles. The summed E-state index contributed by atoms with van der Waals surface area (Å²) >= 11 is 0. The Bertz CT molecular complexity index is 769. The van der Waals surface area contributed by atoms with Gasteiger partial charge in [-0.3, -0.25) is 9.59 Å². The lowest BCUT2D eigenvalue weighted by Gasteiger charge is -2.22. The number of anilines is 1. The normalized spacial score (nSPS) is 17.2. The summed E-state index contributed by atoms with van der Waals surface area (Å²) in [5, 5.41) is 9.42. The Hall–Kier alpha value is -2.82. The van der Waals surface area contributed by atoms with Gasteiger partial charge >= 0.3 is 5.97 Å². The molecule has 0 radical (unpaired) electrons. The van der Waals surface area contributed by atoms with Crippen LogP contribution in [0.25, 0.3) is 0 Å². The van der Waals surface area contributed by atoms with Crippen molar-refractivity contribution in [3.8, 4) is 5.75 Å². The maximum Gasteiger partial charge on any atom is 0.312 e. The molecule has 124 valence electrons. The molecule has 1 amide bonds. The summed E-state index contributed by atoms with van der Waals surface area (Å²) in [6, 6.07) is 14.6. The molecular formula is C19H19NO4. The number of nitrogens with zero attached hydrogens (tertiary/aromatic N) is 1. The first-order valence-electron chi connectivity index (χ1n) is 7.80. The van der Waals surface area contributed by atoms with Gasteiger partial charge in [-0.1, -0.05) is 30.3 Å². The number of carboxylic acids is 1. The van der Waals surface area contributed by atoms with Crippen LogP contribution in [0.3, 0.4) is 0 Å². The topological polar surface area (TPSA) is 66.8 Å². The fourth-order valence-electron chi connectivity index (χ4n) is 3.10. The van der Waals surface area contributed by atoms with Crippen LogP contribution in [0.2, 0.25) is 0 Å². The fourth-order valence-corrected chi connectivity index (χ4v) is 3.10. The number of amides is 1. The first-order chi connectivity index (χ1) is 11.5. The minimum Gasteiger partial charge on any atom is -0.497 e. The molecule has 1 heterocycles. The first-order valence-corrected chi connectivity index (χ1v) is 7.80. The van der Waals surface area contributed by atoms with Crippen molar-refractivity contribution in [3.05, 3.63) is 59.7 Å². The van der Waals surface area contributed by atoms with Crippen LogP contribution in [0.5, 0.6) is 5.75 Å². The molecule has 0 fully saturated rings. The molecule has 24 heavy (non-hydrogen) atoms. The summed E-state index contributed by atoms with van der Waals surface area (Å²) in [6.07, 6.45) is 0. The predicted octanol–water partition coefficient (Wildman–Crippen LogP) is 3.01. The number of hydrogen-bond donors (Lipinski definition) is 1. The summed E-state index contributed by atoms with van der Waals surface area (Å²) in [5.41, 5.74) is 2.26. The monoisotopic (exact) mass is 325 g/mol. The molecule has 0 aliphatic carbocycles. The van der Waals surface area contributed by atoms with Crippen LogP contribution in [0.1, 0.15) is 29.9 Å². The van der Waals surface area contributed by atoms with Crippen LogP contribution in [-0.2, 0) is 9.59 Å². The third-order valence-electron chi connectivity index (χ3n) is 4.52. The Labute approximate surface area is 140 Å². The molecule has 5 nitrogen and oxygen atoms in total. The van der Waals surface area contributed by atoms with E-state index in [4.69, 9.17) is 4.74 Å². The van der Waals surface area contributed by atoms with Crippen LogP contribution >= 0.6 is 0 Å². The van der Waals surface area contributed by atoms with E-state index < -0.39 is 11.9 Å². The minimum atomic E-state index is -0.908. The van der Waals surface area contributed by atoms with Gasteiger partial charge in [0.1, 0.15) is 11.7 Å². The third kappa shape index (κ3) is 2.73.